The van der Waals surface area contributed by atoms with E-state index in [0.29, 0.717) is 0 Å². The minimum absolute atomic E-state index is 0.936. The van der Waals surface area contributed by atoms with Gasteiger partial charge in [0.1, 0.15) is 0 Å². The number of hydrogen-bond donors (Lipinski definition) is 0. The molecule has 0 unspecified atom stereocenters. The molecule has 0 fully saturated rings. The zero-order valence-corrected chi connectivity index (χ0v) is 36.0. The van der Waals surface area contributed by atoms with Crippen LogP contribution in [0.4, 0.5) is 0 Å². The average molecular weight is 840 g/mol. The maximum atomic E-state index is 5.29. The van der Waals surface area contributed by atoms with Crippen LogP contribution in [0.1, 0.15) is 0 Å². The van der Waals surface area contributed by atoms with Gasteiger partial charge in [0.25, 0.3) is 0 Å². The van der Waals surface area contributed by atoms with Gasteiger partial charge in [0.05, 0.1) is 33.5 Å². The molecule has 0 spiro atoms. The van der Waals surface area contributed by atoms with E-state index in [9.17, 15) is 0 Å². The second-order valence-corrected chi connectivity index (χ2v) is 17.2. The fourth-order valence-corrected chi connectivity index (χ4v) is 10.2. The van der Waals surface area contributed by atoms with E-state index < -0.39 is 0 Å². The highest BCUT2D eigenvalue weighted by Gasteiger charge is 2.18. The van der Waals surface area contributed by atoms with Crippen molar-refractivity contribution >= 4 is 54.4 Å². The average Bonchev–Trinajstić information content (AvgIpc) is 3.91. The molecule has 3 heterocycles. The lowest BCUT2D eigenvalue weighted by Crippen LogP contribution is -1.96. The van der Waals surface area contributed by atoms with Gasteiger partial charge < -0.3 is 9.13 Å². The predicted octanol–water partition coefficient (Wildman–Crippen LogP) is 16.8. The molecule has 3 aromatic heterocycles. The first-order chi connectivity index (χ1) is 32.7. The number of benzene rings is 10. The quantitative estimate of drug-likeness (QED) is 0.157. The summed E-state index contributed by atoms with van der Waals surface area (Å²) in [7, 11) is 0. The second kappa shape index (κ2) is 15.5. The van der Waals surface area contributed by atoms with E-state index >= 15 is 0 Å². The third kappa shape index (κ3) is 6.32. The first-order valence-electron chi connectivity index (χ1n) is 22.6. The van der Waals surface area contributed by atoms with E-state index in [-0.39, 0.29) is 0 Å². The van der Waals surface area contributed by atoms with Gasteiger partial charge in [-0.2, -0.15) is 0 Å². The number of pyridine rings is 1. The normalized spacial score (nSPS) is 11.6. The van der Waals surface area contributed by atoms with E-state index in [4.69, 9.17) is 4.98 Å². The van der Waals surface area contributed by atoms with Crippen molar-refractivity contribution in [3.63, 3.8) is 0 Å². The van der Waals surface area contributed by atoms with Gasteiger partial charge in [0.2, 0.25) is 0 Å². The van der Waals surface area contributed by atoms with Crippen LogP contribution in [-0.2, 0) is 0 Å². The Kier molecular flexibility index (Phi) is 8.85. The summed E-state index contributed by atoms with van der Waals surface area (Å²) < 4.78 is 4.84. The molecule has 0 radical (unpaired) electrons. The Morgan fingerprint density at radius 2 is 0.727 bits per heavy atom. The van der Waals surface area contributed by atoms with Gasteiger partial charge in [-0.1, -0.05) is 188 Å². The zero-order chi connectivity index (χ0) is 43.6. The smallest absolute Gasteiger partial charge is 0.0716 e. The fraction of sp³-hybridized carbons (Fsp3) is 0. The van der Waals surface area contributed by atoms with Crippen molar-refractivity contribution in [2.24, 2.45) is 0 Å². The molecule has 13 rings (SSSR count). The lowest BCUT2D eigenvalue weighted by Gasteiger charge is -2.13. The molecule has 308 valence electrons. The predicted molar refractivity (Wildman–Crippen MR) is 278 cm³/mol. The standard InChI is InChI=1S/C63H41N3/c1-3-15-42(16-4-1)49-38-58(45-18-5-2-6-19-45)64-59(39-49)48-21-13-22-51(37-48)66-61-28-12-10-25-55(61)57-36-32-47(41-63(57)66)46-31-35-56-54-24-9-11-27-60(54)65(62(56)40-46)50-33-29-44(30-34-50)53-26-14-20-43-17-7-8-23-52(43)53/h1-41H. The lowest BCUT2D eigenvalue weighted by atomic mass is 9.98. The fourth-order valence-electron chi connectivity index (χ4n) is 10.2. The third-order valence-electron chi connectivity index (χ3n) is 13.3. The van der Waals surface area contributed by atoms with Gasteiger partial charge in [-0.25, -0.2) is 4.98 Å². The number of rotatable bonds is 7. The van der Waals surface area contributed by atoms with E-state index in [1.165, 1.54) is 65.6 Å². The van der Waals surface area contributed by atoms with Gasteiger partial charge in [-0.3, -0.25) is 0 Å². The summed E-state index contributed by atoms with van der Waals surface area (Å²) in [6.45, 7) is 0. The van der Waals surface area contributed by atoms with Crippen LogP contribution in [0.5, 0.6) is 0 Å². The van der Waals surface area contributed by atoms with Crippen LogP contribution < -0.4 is 0 Å². The molecule has 3 nitrogen and oxygen atoms in total. The zero-order valence-electron chi connectivity index (χ0n) is 36.0. The number of hydrogen-bond acceptors (Lipinski definition) is 1. The van der Waals surface area contributed by atoms with Crippen LogP contribution in [0.2, 0.25) is 0 Å². The van der Waals surface area contributed by atoms with Crippen LogP contribution >= 0.6 is 0 Å². The van der Waals surface area contributed by atoms with E-state index in [1.54, 1.807) is 0 Å². The first kappa shape index (κ1) is 37.7. The molecule has 0 saturated carbocycles. The number of para-hydroxylation sites is 2. The van der Waals surface area contributed by atoms with Crippen LogP contribution in [0.3, 0.4) is 0 Å². The van der Waals surface area contributed by atoms with Crippen LogP contribution in [0.15, 0.2) is 249 Å². The van der Waals surface area contributed by atoms with E-state index in [2.05, 4.69) is 258 Å². The molecule has 0 aliphatic carbocycles. The van der Waals surface area contributed by atoms with Crippen molar-refractivity contribution < 1.29 is 0 Å². The van der Waals surface area contributed by atoms with E-state index in [1.807, 2.05) is 0 Å². The molecule has 0 saturated heterocycles. The topological polar surface area (TPSA) is 22.8 Å². The number of aromatic nitrogens is 3. The molecular formula is C63H41N3. The maximum absolute atomic E-state index is 5.29. The van der Waals surface area contributed by atoms with Crippen molar-refractivity contribution in [3.8, 4) is 67.3 Å². The summed E-state index contributed by atoms with van der Waals surface area (Å²) in [5.74, 6) is 0. The van der Waals surface area contributed by atoms with Crippen LogP contribution in [0, 0.1) is 0 Å². The molecule has 0 aliphatic rings. The van der Waals surface area contributed by atoms with Gasteiger partial charge in [0.15, 0.2) is 0 Å². The molecule has 0 amide bonds. The van der Waals surface area contributed by atoms with Gasteiger partial charge >= 0.3 is 0 Å². The SMILES string of the molecule is c1ccc(-c2cc(-c3ccccc3)nc(-c3cccc(-n4c5ccccc5c5ccc(-c6ccc7c8ccccc8n(-c8ccc(-c9cccc%10ccccc9%10)cc8)c7c6)cc54)c3)c2)cc1. The highest BCUT2D eigenvalue weighted by molar-refractivity contribution is 6.12. The Labute approximate surface area is 382 Å². The van der Waals surface area contributed by atoms with Crippen molar-refractivity contribution in [3.05, 3.63) is 249 Å². The Hall–Kier alpha value is -8.79. The van der Waals surface area contributed by atoms with Crippen molar-refractivity contribution in [2.45, 2.75) is 0 Å². The highest BCUT2D eigenvalue weighted by atomic mass is 15.0. The molecule has 10 aromatic carbocycles. The van der Waals surface area contributed by atoms with E-state index in [0.717, 1.165) is 56.1 Å². The molecule has 0 atom stereocenters. The van der Waals surface area contributed by atoms with Gasteiger partial charge in [0, 0.05) is 44.0 Å². The molecule has 3 heteroatoms. The minimum atomic E-state index is 0.936. The second-order valence-electron chi connectivity index (χ2n) is 17.2. The first-order valence-corrected chi connectivity index (χ1v) is 22.6. The molecule has 0 N–H and O–H groups in total. The summed E-state index contributed by atoms with van der Waals surface area (Å²) >= 11 is 0. The largest absolute Gasteiger partial charge is 0.309 e. The summed E-state index contributed by atoms with van der Waals surface area (Å²) in [6.07, 6.45) is 0. The Morgan fingerprint density at radius 3 is 1.39 bits per heavy atom. The van der Waals surface area contributed by atoms with Crippen LogP contribution in [-0.4, -0.2) is 14.1 Å². The summed E-state index contributed by atoms with van der Waals surface area (Å²) in [6, 6.07) is 90.0. The summed E-state index contributed by atoms with van der Waals surface area (Å²) in [4.78, 5) is 5.29. The Morgan fingerprint density at radius 1 is 0.242 bits per heavy atom. The van der Waals surface area contributed by atoms with Gasteiger partial charge in [-0.15, -0.1) is 0 Å². The lowest BCUT2D eigenvalue weighted by molar-refractivity contribution is 1.18. The Bertz CT molecular complexity index is 3910. The monoisotopic (exact) mass is 839 g/mol. The number of nitrogens with zero attached hydrogens (tertiary/aromatic N) is 3. The maximum Gasteiger partial charge on any atom is 0.0716 e. The van der Waals surface area contributed by atoms with Crippen molar-refractivity contribution in [2.75, 3.05) is 0 Å². The summed E-state index contributed by atoms with van der Waals surface area (Å²) in [5.41, 5.74) is 18.1. The molecule has 13 aromatic rings. The van der Waals surface area contributed by atoms with Crippen LogP contribution in [0.25, 0.3) is 122 Å². The molecule has 0 aliphatic heterocycles. The molecule has 0 bridgehead atoms. The van der Waals surface area contributed by atoms with Gasteiger partial charge in [-0.05, 0) is 105 Å². The Balaban J connectivity index is 0.941. The molecular weight excluding hydrogens is 799 g/mol. The number of fused-ring (bicyclic) bond motifs is 7. The third-order valence-corrected chi connectivity index (χ3v) is 13.3. The highest BCUT2D eigenvalue weighted by Crippen LogP contribution is 2.40. The van der Waals surface area contributed by atoms with Crippen molar-refractivity contribution in [1.29, 1.82) is 0 Å². The summed E-state index contributed by atoms with van der Waals surface area (Å²) in [5, 5.41) is 7.44. The molecule has 66 heavy (non-hydrogen) atoms. The minimum Gasteiger partial charge on any atom is -0.309 e. The van der Waals surface area contributed by atoms with Crippen molar-refractivity contribution in [1.82, 2.24) is 14.1 Å².